The van der Waals surface area contributed by atoms with Crippen molar-refractivity contribution in [2.24, 2.45) is 5.92 Å². The van der Waals surface area contributed by atoms with Crippen molar-refractivity contribution in [2.75, 3.05) is 56.5 Å². The van der Waals surface area contributed by atoms with Crippen LogP contribution in [0.1, 0.15) is 6.42 Å². The Bertz CT molecular complexity index is 1430. The molecule has 190 valence electrons. The molecule has 0 radical (unpaired) electrons. The molecule has 0 aliphatic carbocycles. The maximum Gasteiger partial charge on any atom is 0.252 e. The van der Waals surface area contributed by atoms with Crippen LogP contribution in [0.25, 0.3) is 15.9 Å². The molecular formula is C27H30N8O2. The van der Waals surface area contributed by atoms with Crippen molar-refractivity contribution in [1.82, 2.24) is 24.3 Å². The molecule has 1 N–H and O–H groups in total. The van der Waals surface area contributed by atoms with Gasteiger partial charge in [-0.05, 0) is 49.7 Å². The summed E-state index contributed by atoms with van der Waals surface area (Å²) in [6.07, 6.45) is 3.80. The number of aromatic nitrogens is 3. The van der Waals surface area contributed by atoms with E-state index in [1.165, 1.54) is 12.1 Å². The van der Waals surface area contributed by atoms with Crippen LogP contribution in [0.4, 0.5) is 23.0 Å². The van der Waals surface area contributed by atoms with Crippen molar-refractivity contribution in [2.45, 2.75) is 13.0 Å². The number of aryl methyl sites for hydroxylation is 1. The zero-order chi connectivity index (χ0) is 25.9. The average molecular weight is 499 g/mol. The lowest BCUT2D eigenvalue weighted by atomic mass is 9.96. The van der Waals surface area contributed by atoms with Gasteiger partial charge in [-0.15, -0.1) is 0 Å². The number of pyridine rings is 1. The monoisotopic (exact) mass is 498 g/mol. The fourth-order valence-corrected chi connectivity index (χ4v) is 4.86. The van der Waals surface area contributed by atoms with Gasteiger partial charge in [0.25, 0.3) is 5.56 Å². The standard InChI is InChI=1S/C27H30N8O2/c1-4-24(36)34-17-19(18-34)9-10-35-25(37)8-5-20-16-29-27(31-26(20)35)30-21-6-7-23(22(15-21)28-2)33-13-11-32(3)12-14-33/h4-8,15-16,19H,1,9-14,17-18H2,3H3,(H,29,30,31). The molecule has 1 amide bonds. The molecule has 2 aliphatic heterocycles. The molecule has 4 heterocycles. The van der Waals surface area contributed by atoms with E-state index in [2.05, 4.69) is 43.6 Å². The molecule has 0 spiro atoms. The molecule has 0 unspecified atom stereocenters. The van der Waals surface area contributed by atoms with E-state index in [-0.39, 0.29) is 11.5 Å². The quantitative estimate of drug-likeness (QED) is 0.396. The van der Waals surface area contributed by atoms with E-state index in [1.807, 2.05) is 18.2 Å². The van der Waals surface area contributed by atoms with Crippen LogP contribution in [0.15, 0.2) is 54.0 Å². The van der Waals surface area contributed by atoms with Crippen LogP contribution < -0.4 is 15.8 Å². The first-order chi connectivity index (χ1) is 17.9. The van der Waals surface area contributed by atoms with Crippen LogP contribution in [-0.4, -0.2) is 76.6 Å². The molecule has 37 heavy (non-hydrogen) atoms. The van der Waals surface area contributed by atoms with Crippen molar-refractivity contribution < 1.29 is 4.79 Å². The van der Waals surface area contributed by atoms with Crippen LogP contribution in [0.3, 0.4) is 0 Å². The van der Waals surface area contributed by atoms with Crippen molar-refractivity contribution in [3.63, 3.8) is 0 Å². The molecule has 2 fully saturated rings. The highest BCUT2D eigenvalue weighted by atomic mass is 16.2. The minimum atomic E-state index is -0.123. The Morgan fingerprint density at radius 3 is 2.73 bits per heavy atom. The van der Waals surface area contributed by atoms with Gasteiger partial charge >= 0.3 is 0 Å². The summed E-state index contributed by atoms with van der Waals surface area (Å²) in [5.74, 6) is 0.651. The van der Waals surface area contributed by atoms with Crippen LogP contribution in [0.5, 0.6) is 0 Å². The predicted octanol–water partition coefficient (Wildman–Crippen LogP) is 2.87. The Kier molecular flexibility index (Phi) is 6.88. The minimum absolute atomic E-state index is 0.0556. The number of anilines is 3. The van der Waals surface area contributed by atoms with E-state index in [0.717, 1.165) is 49.4 Å². The summed E-state index contributed by atoms with van der Waals surface area (Å²) in [4.78, 5) is 43.5. The number of carbonyl (C=O) groups is 1. The second-order valence-electron chi connectivity index (χ2n) is 9.63. The largest absolute Gasteiger partial charge is 0.378 e. The number of fused-ring (bicyclic) bond motifs is 1. The molecule has 2 aromatic heterocycles. The number of piperazine rings is 1. The zero-order valence-electron chi connectivity index (χ0n) is 20.9. The lowest BCUT2D eigenvalue weighted by Gasteiger charge is -2.38. The number of amides is 1. The predicted molar refractivity (Wildman–Crippen MR) is 144 cm³/mol. The maximum absolute atomic E-state index is 12.7. The first-order valence-electron chi connectivity index (χ1n) is 12.4. The molecule has 0 saturated carbocycles. The summed E-state index contributed by atoms with van der Waals surface area (Å²) in [7, 11) is 2.11. The van der Waals surface area contributed by atoms with Gasteiger partial charge in [-0.1, -0.05) is 6.58 Å². The third-order valence-corrected chi connectivity index (χ3v) is 7.12. The Hall–Kier alpha value is -4.23. The van der Waals surface area contributed by atoms with Crippen molar-refractivity contribution >= 4 is 40.0 Å². The maximum atomic E-state index is 12.7. The van der Waals surface area contributed by atoms with Crippen LogP contribution >= 0.6 is 0 Å². The first kappa shape index (κ1) is 24.5. The van der Waals surface area contributed by atoms with Gasteiger partial charge in [-0.25, -0.2) is 9.83 Å². The Morgan fingerprint density at radius 2 is 2.00 bits per heavy atom. The molecule has 10 nitrogen and oxygen atoms in total. The number of carbonyl (C=O) groups excluding carboxylic acids is 1. The van der Waals surface area contributed by atoms with E-state index >= 15 is 0 Å². The molecule has 2 saturated heterocycles. The van der Waals surface area contributed by atoms with Gasteiger partial charge in [0.2, 0.25) is 17.5 Å². The SMILES string of the molecule is [C-]#[N+]c1cc(Nc2ncc3ccc(=O)n(CCC4CN(C(=O)C=C)C4)c3n2)ccc1N1CCN(C)CC1. The Morgan fingerprint density at radius 1 is 1.22 bits per heavy atom. The molecule has 5 rings (SSSR count). The van der Waals surface area contributed by atoms with Crippen molar-refractivity contribution in [1.29, 1.82) is 0 Å². The van der Waals surface area contributed by atoms with Gasteiger partial charge < -0.3 is 20.0 Å². The average Bonchev–Trinajstić information content (AvgIpc) is 2.89. The number of benzene rings is 1. The topological polar surface area (TPSA) is 91.0 Å². The lowest BCUT2D eigenvalue weighted by Crippen LogP contribution is -2.49. The summed E-state index contributed by atoms with van der Waals surface area (Å²) >= 11 is 0. The summed E-state index contributed by atoms with van der Waals surface area (Å²) < 4.78 is 1.67. The highest BCUT2D eigenvalue weighted by Gasteiger charge is 2.29. The van der Waals surface area contributed by atoms with E-state index in [0.29, 0.717) is 42.8 Å². The summed E-state index contributed by atoms with van der Waals surface area (Å²) in [6, 6.07) is 8.98. The van der Waals surface area contributed by atoms with Crippen molar-refractivity contribution in [3.05, 3.63) is 71.0 Å². The summed E-state index contributed by atoms with van der Waals surface area (Å²) in [5, 5.41) is 3.98. The van der Waals surface area contributed by atoms with E-state index in [4.69, 9.17) is 6.57 Å². The second kappa shape index (κ2) is 10.4. The number of likely N-dealkylation sites (N-methyl/N-ethyl adjacent to an activating group) is 1. The van der Waals surface area contributed by atoms with E-state index in [9.17, 15) is 9.59 Å². The van der Waals surface area contributed by atoms with Crippen molar-refractivity contribution in [3.8, 4) is 0 Å². The van der Waals surface area contributed by atoms with Gasteiger partial charge in [-0.2, -0.15) is 4.98 Å². The molecule has 1 aromatic carbocycles. The first-order valence-corrected chi connectivity index (χ1v) is 12.4. The van der Waals surface area contributed by atoms with E-state index < -0.39 is 0 Å². The number of nitrogens with zero attached hydrogens (tertiary/aromatic N) is 7. The lowest BCUT2D eigenvalue weighted by molar-refractivity contribution is -0.132. The van der Waals surface area contributed by atoms with Gasteiger partial charge in [-0.3, -0.25) is 14.2 Å². The third kappa shape index (κ3) is 5.17. The molecule has 2 aliphatic rings. The number of hydrogen-bond acceptors (Lipinski definition) is 7. The Labute approximate surface area is 215 Å². The summed E-state index contributed by atoms with van der Waals surface area (Å²) in [6.45, 7) is 16.8. The normalized spacial score (nSPS) is 16.3. The van der Waals surface area contributed by atoms with Gasteiger partial charge in [0.1, 0.15) is 5.65 Å². The molecule has 10 heteroatoms. The Balaban J connectivity index is 1.33. The van der Waals surface area contributed by atoms with E-state index in [1.54, 1.807) is 21.7 Å². The fraction of sp³-hybridized carbons (Fsp3) is 0.370. The number of hydrogen-bond donors (Lipinski definition) is 1. The van der Waals surface area contributed by atoms with Crippen LogP contribution in [-0.2, 0) is 11.3 Å². The van der Waals surface area contributed by atoms with Gasteiger partial charge in [0.15, 0.2) is 0 Å². The zero-order valence-corrected chi connectivity index (χ0v) is 20.9. The van der Waals surface area contributed by atoms with Crippen LogP contribution in [0, 0.1) is 12.5 Å². The van der Waals surface area contributed by atoms with Gasteiger partial charge in [0.05, 0.1) is 6.57 Å². The smallest absolute Gasteiger partial charge is 0.252 e. The summed E-state index contributed by atoms with van der Waals surface area (Å²) in [5.41, 5.74) is 2.67. The molecular weight excluding hydrogens is 468 g/mol. The minimum Gasteiger partial charge on any atom is -0.378 e. The molecule has 0 bridgehead atoms. The highest BCUT2D eigenvalue weighted by molar-refractivity contribution is 5.87. The van der Waals surface area contributed by atoms with Gasteiger partial charge in [0, 0.05) is 74.8 Å². The third-order valence-electron chi connectivity index (χ3n) is 7.12. The fourth-order valence-electron chi connectivity index (χ4n) is 4.86. The molecule has 0 atom stereocenters. The highest BCUT2D eigenvalue weighted by Crippen LogP contribution is 2.33. The van der Waals surface area contributed by atoms with Crippen LogP contribution in [0.2, 0.25) is 0 Å². The second-order valence-corrected chi connectivity index (χ2v) is 9.63. The molecule has 3 aromatic rings. The number of likely N-dealkylation sites (tertiary alicyclic amines) is 1. The number of nitrogens with one attached hydrogen (secondary N) is 1. The number of rotatable bonds is 7.